The minimum absolute atomic E-state index is 0.116. The number of nitrogens with one attached hydrogen (secondary N) is 1. The van der Waals surface area contributed by atoms with Gasteiger partial charge in [-0.3, -0.25) is 4.79 Å². The van der Waals surface area contributed by atoms with Crippen LogP contribution in [0.15, 0.2) is 60.9 Å². The lowest BCUT2D eigenvalue weighted by molar-refractivity contribution is 0.0950. The predicted molar refractivity (Wildman–Crippen MR) is 88.7 cm³/mol. The van der Waals surface area contributed by atoms with Gasteiger partial charge in [0.15, 0.2) is 5.82 Å². The Morgan fingerprint density at radius 1 is 1.09 bits per heavy atom. The summed E-state index contributed by atoms with van der Waals surface area (Å²) < 4.78 is 1.91. The van der Waals surface area contributed by atoms with Crippen molar-refractivity contribution in [3.05, 3.63) is 72.3 Å². The fourth-order valence-electron chi connectivity index (χ4n) is 2.49. The van der Waals surface area contributed by atoms with Crippen LogP contribution in [0.1, 0.15) is 23.1 Å². The highest BCUT2D eigenvalue weighted by Crippen LogP contribution is 2.23. The SMILES string of the molecule is CCn1cnnc1CNC(=O)c1ccccc1-c1ccccc1. The van der Waals surface area contributed by atoms with Crippen LogP contribution in [0.25, 0.3) is 11.1 Å². The van der Waals surface area contributed by atoms with Gasteiger partial charge < -0.3 is 9.88 Å². The fraction of sp³-hybridized carbons (Fsp3) is 0.167. The maximum Gasteiger partial charge on any atom is 0.252 e. The molecule has 0 atom stereocenters. The van der Waals surface area contributed by atoms with Crippen LogP contribution in [-0.4, -0.2) is 20.7 Å². The molecule has 5 nitrogen and oxygen atoms in total. The number of hydrogen-bond acceptors (Lipinski definition) is 3. The highest BCUT2D eigenvalue weighted by molar-refractivity contribution is 6.00. The Morgan fingerprint density at radius 2 is 1.83 bits per heavy atom. The molecule has 0 aliphatic rings. The van der Waals surface area contributed by atoms with Crippen LogP contribution in [-0.2, 0) is 13.1 Å². The van der Waals surface area contributed by atoms with Gasteiger partial charge in [-0.05, 0) is 24.1 Å². The van der Waals surface area contributed by atoms with Crippen molar-refractivity contribution >= 4 is 5.91 Å². The number of carbonyl (C=O) groups excluding carboxylic acids is 1. The molecule has 0 radical (unpaired) electrons. The number of aromatic nitrogens is 3. The van der Waals surface area contributed by atoms with E-state index in [9.17, 15) is 4.79 Å². The highest BCUT2D eigenvalue weighted by Gasteiger charge is 2.13. The molecular weight excluding hydrogens is 288 g/mol. The number of carbonyl (C=O) groups is 1. The summed E-state index contributed by atoms with van der Waals surface area (Å²) in [5, 5.41) is 10.8. The molecule has 5 heteroatoms. The minimum atomic E-state index is -0.116. The topological polar surface area (TPSA) is 59.8 Å². The van der Waals surface area contributed by atoms with Gasteiger partial charge in [-0.25, -0.2) is 0 Å². The Balaban J connectivity index is 1.81. The first-order chi connectivity index (χ1) is 11.3. The average Bonchev–Trinajstić information content (AvgIpc) is 3.08. The molecule has 23 heavy (non-hydrogen) atoms. The number of nitrogens with zero attached hydrogens (tertiary/aromatic N) is 3. The summed E-state index contributed by atoms with van der Waals surface area (Å²) in [6.07, 6.45) is 1.67. The monoisotopic (exact) mass is 306 g/mol. The van der Waals surface area contributed by atoms with Crippen LogP contribution in [0.4, 0.5) is 0 Å². The van der Waals surface area contributed by atoms with E-state index in [0.717, 1.165) is 23.5 Å². The van der Waals surface area contributed by atoms with E-state index in [2.05, 4.69) is 15.5 Å². The molecule has 1 amide bonds. The Kier molecular flexibility index (Phi) is 4.47. The molecule has 0 aliphatic heterocycles. The lowest BCUT2D eigenvalue weighted by atomic mass is 9.99. The standard InChI is InChI=1S/C18H18N4O/c1-2-22-13-20-21-17(22)12-19-18(23)16-11-7-6-10-15(16)14-8-4-3-5-9-14/h3-11,13H,2,12H2,1H3,(H,19,23). The number of hydrogen-bond donors (Lipinski definition) is 1. The zero-order valence-corrected chi connectivity index (χ0v) is 12.9. The van der Waals surface area contributed by atoms with Crippen molar-refractivity contribution in [3.63, 3.8) is 0 Å². The van der Waals surface area contributed by atoms with Crippen molar-refractivity contribution in [3.8, 4) is 11.1 Å². The number of rotatable bonds is 5. The second-order valence-electron chi connectivity index (χ2n) is 5.13. The first kappa shape index (κ1) is 15.0. The molecular formula is C18H18N4O. The molecule has 2 aromatic carbocycles. The van der Waals surface area contributed by atoms with Crippen molar-refractivity contribution in [1.82, 2.24) is 20.1 Å². The summed E-state index contributed by atoms with van der Waals surface area (Å²) in [6, 6.07) is 17.5. The van der Waals surface area contributed by atoms with Gasteiger partial charge in [0.1, 0.15) is 6.33 Å². The normalized spacial score (nSPS) is 10.5. The quantitative estimate of drug-likeness (QED) is 0.788. The van der Waals surface area contributed by atoms with Crippen LogP contribution in [0, 0.1) is 0 Å². The first-order valence-electron chi connectivity index (χ1n) is 7.59. The van der Waals surface area contributed by atoms with Gasteiger partial charge in [0, 0.05) is 12.1 Å². The lowest BCUT2D eigenvalue weighted by Gasteiger charge is -2.10. The second kappa shape index (κ2) is 6.87. The largest absolute Gasteiger partial charge is 0.345 e. The van der Waals surface area contributed by atoms with E-state index in [1.165, 1.54) is 0 Å². The third-order valence-corrected chi connectivity index (χ3v) is 3.70. The Morgan fingerprint density at radius 3 is 2.61 bits per heavy atom. The summed E-state index contributed by atoms with van der Waals surface area (Å²) >= 11 is 0. The fourth-order valence-corrected chi connectivity index (χ4v) is 2.49. The Labute approximate surface area is 135 Å². The molecule has 0 saturated carbocycles. The van der Waals surface area contributed by atoms with E-state index in [4.69, 9.17) is 0 Å². The van der Waals surface area contributed by atoms with Crippen LogP contribution in [0.5, 0.6) is 0 Å². The second-order valence-corrected chi connectivity index (χ2v) is 5.13. The van der Waals surface area contributed by atoms with Gasteiger partial charge >= 0.3 is 0 Å². The molecule has 3 aromatic rings. The van der Waals surface area contributed by atoms with Gasteiger partial charge in [0.05, 0.1) is 6.54 Å². The van der Waals surface area contributed by atoms with E-state index in [0.29, 0.717) is 12.1 Å². The zero-order valence-electron chi connectivity index (χ0n) is 12.9. The molecule has 116 valence electrons. The summed E-state index contributed by atoms with van der Waals surface area (Å²) in [6.45, 7) is 3.15. The third kappa shape index (κ3) is 3.29. The van der Waals surface area contributed by atoms with E-state index in [1.54, 1.807) is 6.33 Å². The lowest BCUT2D eigenvalue weighted by Crippen LogP contribution is -2.25. The van der Waals surface area contributed by atoms with E-state index in [-0.39, 0.29) is 5.91 Å². The maximum absolute atomic E-state index is 12.6. The summed E-state index contributed by atoms with van der Waals surface area (Å²) in [4.78, 5) is 12.6. The van der Waals surface area contributed by atoms with Crippen LogP contribution in [0.3, 0.4) is 0 Å². The number of benzene rings is 2. The van der Waals surface area contributed by atoms with Crippen LogP contribution < -0.4 is 5.32 Å². The van der Waals surface area contributed by atoms with Crippen molar-refractivity contribution in [2.24, 2.45) is 0 Å². The first-order valence-corrected chi connectivity index (χ1v) is 7.59. The number of amides is 1. The van der Waals surface area contributed by atoms with Crippen molar-refractivity contribution in [2.45, 2.75) is 20.0 Å². The summed E-state index contributed by atoms with van der Waals surface area (Å²) in [7, 11) is 0. The zero-order chi connectivity index (χ0) is 16.1. The van der Waals surface area contributed by atoms with Gasteiger partial charge in [0.25, 0.3) is 5.91 Å². The molecule has 1 heterocycles. The molecule has 0 fully saturated rings. The molecule has 1 N–H and O–H groups in total. The molecule has 1 aromatic heterocycles. The molecule has 3 rings (SSSR count). The van der Waals surface area contributed by atoms with Gasteiger partial charge in [-0.2, -0.15) is 0 Å². The third-order valence-electron chi connectivity index (χ3n) is 3.70. The van der Waals surface area contributed by atoms with Crippen molar-refractivity contribution < 1.29 is 4.79 Å². The Hall–Kier alpha value is -2.95. The molecule has 0 unspecified atom stereocenters. The van der Waals surface area contributed by atoms with Crippen LogP contribution >= 0.6 is 0 Å². The minimum Gasteiger partial charge on any atom is -0.345 e. The van der Waals surface area contributed by atoms with Crippen molar-refractivity contribution in [2.75, 3.05) is 0 Å². The summed E-state index contributed by atoms with van der Waals surface area (Å²) in [5.41, 5.74) is 2.60. The highest BCUT2D eigenvalue weighted by atomic mass is 16.1. The molecule has 0 bridgehead atoms. The van der Waals surface area contributed by atoms with E-state index < -0.39 is 0 Å². The average molecular weight is 306 g/mol. The summed E-state index contributed by atoms with van der Waals surface area (Å²) in [5.74, 6) is 0.633. The molecule has 0 saturated heterocycles. The Bertz CT molecular complexity index is 796. The van der Waals surface area contributed by atoms with E-state index >= 15 is 0 Å². The molecule has 0 aliphatic carbocycles. The van der Waals surface area contributed by atoms with E-state index in [1.807, 2.05) is 66.1 Å². The number of aryl methyl sites for hydroxylation is 1. The van der Waals surface area contributed by atoms with Gasteiger partial charge in [-0.1, -0.05) is 48.5 Å². The van der Waals surface area contributed by atoms with Crippen molar-refractivity contribution in [1.29, 1.82) is 0 Å². The smallest absolute Gasteiger partial charge is 0.252 e. The predicted octanol–water partition coefficient (Wildman–Crippen LogP) is 2.90. The van der Waals surface area contributed by atoms with Gasteiger partial charge in [-0.15, -0.1) is 10.2 Å². The maximum atomic E-state index is 12.6. The van der Waals surface area contributed by atoms with Crippen LogP contribution in [0.2, 0.25) is 0 Å². The van der Waals surface area contributed by atoms with Gasteiger partial charge in [0.2, 0.25) is 0 Å². The molecule has 0 spiro atoms.